The summed E-state index contributed by atoms with van der Waals surface area (Å²) >= 11 is 0. The number of nitrogens with zero attached hydrogens (tertiary/aromatic N) is 3. The number of carbonyl (C=O) groups excluding carboxylic acids is 3. The third kappa shape index (κ3) is 8.18. The minimum atomic E-state index is -2.60. The maximum Gasteiger partial charge on any atom is 0.264 e. The van der Waals surface area contributed by atoms with Crippen molar-refractivity contribution >= 4 is 48.0 Å². The van der Waals surface area contributed by atoms with Gasteiger partial charge in [0.05, 0.1) is 70.9 Å². The first-order valence-corrected chi connectivity index (χ1v) is 25.7. The van der Waals surface area contributed by atoms with Crippen LogP contribution in [-0.2, 0) is 37.7 Å². The lowest BCUT2D eigenvalue weighted by atomic mass is 9.82. The van der Waals surface area contributed by atoms with Gasteiger partial charge in [-0.15, -0.1) is 0 Å². The quantitative estimate of drug-likeness (QED) is 0.0890. The van der Waals surface area contributed by atoms with Gasteiger partial charge in [-0.2, -0.15) is 0 Å². The molecular formula is C50H62N4O8Si. The fourth-order valence-electron chi connectivity index (χ4n) is 10.9. The largest absolute Gasteiger partial charge is 0.497 e. The summed E-state index contributed by atoms with van der Waals surface area (Å²) in [5, 5.41) is 24.3. The third-order valence-electron chi connectivity index (χ3n) is 14.1. The Labute approximate surface area is 372 Å². The molecule has 1 unspecified atom stereocenters. The lowest BCUT2D eigenvalue weighted by Crippen LogP contribution is -2.52. The number of rotatable bonds is 16. The fraction of sp³-hybridized carbons (Fsp3) is 0.460. The van der Waals surface area contributed by atoms with E-state index in [1.807, 2.05) is 90.7 Å². The van der Waals surface area contributed by atoms with Crippen LogP contribution in [0.3, 0.4) is 0 Å². The van der Waals surface area contributed by atoms with Crippen LogP contribution in [0.2, 0.25) is 18.6 Å². The average Bonchev–Trinajstić information content (AvgIpc) is 3.96. The SMILES string of the molecule is CCOc1ccc2c(c1)CC(NCCCCO)C(=O)N2c1ccc2c(c1)[C@]1(O[C@@H](CC(=O)N3CCC[C@H]3CO)[C@H]([Si](C)(C)c3ccc(OC)cc3)[C@H]1C)C(=O)N2Cc1ccccc1. The lowest BCUT2D eigenvalue weighted by Gasteiger charge is -2.37. The van der Waals surface area contributed by atoms with Crippen LogP contribution in [0.1, 0.15) is 62.6 Å². The van der Waals surface area contributed by atoms with Gasteiger partial charge in [-0.3, -0.25) is 19.3 Å². The number of anilines is 3. The summed E-state index contributed by atoms with van der Waals surface area (Å²) in [6.07, 6.45) is 2.86. The molecule has 4 heterocycles. The van der Waals surface area contributed by atoms with Crippen LogP contribution < -0.4 is 29.8 Å². The Kier molecular flexibility index (Phi) is 13.1. The van der Waals surface area contributed by atoms with Gasteiger partial charge in [-0.1, -0.05) is 67.7 Å². The van der Waals surface area contributed by atoms with Gasteiger partial charge in [0, 0.05) is 30.3 Å². The van der Waals surface area contributed by atoms with Crippen LogP contribution in [0.15, 0.2) is 91.0 Å². The highest BCUT2D eigenvalue weighted by Gasteiger charge is 2.66. The zero-order valence-corrected chi connectivity index (χ0v) is 38.2. The summed E-state index contributed by atoms with van der Waals surface area (Å²) in [5.74, 6) is 0.713. The van der Waals surface area contributed by atoms with Crippen molar-refractivity contribution in [1.82, 2.24) is 10.2 Å². The lowest BCUT2D eigenvalue weighted by molar-refractivity contribution is -0.150. The number of aliphatic hydroxyl groups excluding tert-OH is 2. The summed E-state index contributed by atoms with van der Waals surface area (Å²) in [6, 6.07) is 29.0. The highest BCUT2D eigenvalue weighted by molar-refractivity contribution is 6.91. The number of aliphatic hydroxyl groups is 2. The Morgan fingerprint density at radius 1 is 0.952 bits per heavy atom. The minimum Gasteiger partial charge on any atom is -0.497 e. The number of likely N-dealkylation sites (tertiary alicyclic amines) is 1. The predicted octanol–water partition coefficient (Wildman–Crippen LogP) is 6.18. The molecule has 4 aromatic carbocycles. The number of carbonyl (C=O) groups is 3. The van der Waals surface area contributed by atoms with Crippen molar-refractivity contribution in [2.45, 2.75) is 101 Å². The van der Waals surface area contributed by atoms with E-state index in [4.69, 9.17) is 14.2 Å². The number of hydrogen-bond acceptors (Lipinski definition) is 9. The number of amides is 3. The van der Waals surface area contributed by atoms with Gasteiger partial charge < -0.3 is 39.5 Å². The van der Waals surface area contributed by atoms with Crippen LogP contribution in [0.4, 0.5) is 17.1 Å². The number of fused-ring (bicyclic) bond motifs is 3. The van der Waals surface area contributed by atoms with Gasteiger partial charge in [0.1, 0.15) is 11.5 Å². The smallest absolute Gasteiger partial charge is 0.264 e. The number of hydrogen-bond donors (Lipinski definition) is 3. The highest BCUT2D eigenvalue weighted by Crippen LogP contribution is 2.61. The molecule has 0 aliphatic carbocycles. The standard InChI is InChI=1S/C50H62N4O8Si/c1-6-61-39-19-23-43-35(27-39)28-42(51-24-10-11-26-55)48(58)54(43)36-16-22-44-41(29-36)50(49(59)53(44)31-34-13-8-7-9-14-34)33(2)47(63(4,5)40-20-17-38(60-3)18-21-40)45(62-50)30-46(57)52-25-12-15-37(52)32-56/h7-9,13-14,16-23,27,29,33,37,42,45,47,51,55-56H,6,10-12,15,24-26,28,30-32H2,1-5H3/t33-,37+,42?,45+,47-,50+/m1/s1. The first-order chi connectivity index (χ1) is 30.5. The van der Waals surface area contributed by atoms with Crippen LogP contribution in [0.5, 0.6) is 11.5 Å². The van der Waals surface area contributed by atoms with Crippen molar-refractivity contribution in [3.05, 3.63) is 108 Å². The van der Waals surface area contributed by atoms with Gasteiger partial charge >= 0.3 is 0 Å². The van der Waals surface area contributed by atoms with Gasteiger partial charge in [0.25, 0.3) is 5.91 Å². The second-order valence-electron chi connectivity index (χ2n) is 18.0. The van der Waals surface area contributed by atoms with E-state index in [0.717, 1.165) is 52.8 Å². The number of nitrogens with one attached hydrogen (secondary N) is 1. The Morgan fingerprint density at radius 2 is 1.70 bits per heavy atom. The molecule has 2 fully saturated rings. The molecule has 13 heteroatoms. The Hall–Kier alpha value is -5.05. The topological polar surface area (TPSA) is 141 Å². The van der Waals surface area contributed by atoms with Crippen molar-refractivity contribution in [2.24, 2.45) is 5.92 Å². The minimum absolute atomic E-state index is 0.0740. The molecule has 0 radical (unpaired) electrons. The summed E-state index contributed by atoms with van der Waals surface area (Å²) in [4.78, 5) is 50.2. The molecule has 12 nitrogen and oxygen atoms in total. The van der Waals surface area contributed by atoms with Gasteiger partial charge in [0.15, 0.2) is 5.60 Å². The van der Waals surface area contributed by atoms with Crippen LogP contribution >= 0.6 is 0 Å². The molecule has 0 saturated carbocycles. The molecule has 3 N–H and O–H groups in total. The molecule has 4 aliphatic rings. The molecule has 334 valence electrons. The van der Waals surface area contributed by atoms with E-state index in [-0.39, 0.29) is 54.9 Å². The summed E-state index contributed by atoms with van der Waals surface area (Å²) in [6.45, 7) is 10.6. The Balaban J connectivity index is 1.27. The molecule has 6 atom stereocenters. The number of methoxy groups -OCH3 is 1. The maximum atomic E-state index is 15.7. The third-order valence-corrected chi connectivity index (χ3v) is 18.4. The molecule has 1 spiro atoms. The molecule has 0 aromatic heterocycles. The zero-order chi connectivity index (χ0) is 44.5. The number of unbranched alkanes of at least 4 members (excludes halogenated alkanes) is 1. The van der Waals surface area contributed by atoms with Gasteiger partial charge in [-0.05, 0) is 111 Å². The predicted molar refractivity (Wildman–Crippen MR) is 247 cm³/mol. The van der Waals surface area contributed by atoms with Crippen molar-refractivity contribution in [1.29, 1.82) is 0 Å². The van der Waals surface area contributed by atoms with E-state index in [0.29, 0.717) is 56.0 Å². The van der Waals surface area contributed by atoms with E-state index >= 15 is 4.79 Å². The zero-order valence-electron chi connectivity index (χ0n) is 37.2. The summed E-state index contributed by atoms with van der Waals surface area (Å²) < 4.78 is 18.9. The Morgan fingerprint density at radius 3 is 2.41 bits per heavy atom. The first kappa shape index (κ1) is 44.6. The van der Waals surface area contributed by atoms with E-state index in [2.05, 4.69) is 37.5 Å². The van der Waals surface area contributed by atoms with Gasteiger partial charge in [-0.25, -0.2) is 0 Å². The number of ether oxygens (including phenoxy) is 3. The van der Waals surface area contributed by atoms with E-state index in [1.54, 1.807) is 16.9 Å². The van der Waals surface area contributed by atoms with Crippen LogP contribution in [0, 0.1) is 5.92 Å². The maximum absolute atomic E-state index is 15.7. The fourth-order valence-corrected chi connectivity index (χ4v) is 14.9. The van der Waals surface area contributed by atoms with E-state index in [1.165, 1.54) is 0 Å². The first-order valence-electron chi connectivity index (χ1n) is 22.6. The Bertz CT molecular complexity index is 2290. The van der Waals surface area contributed by atoms with Crippen molar-refractivity contribution < 1.29 is 38.8 Å². The average molecular weight is 875 g/mol. The van der Waals surface area contributed by atoms with Crippen LogP contribution in [0.25, 0.3) is 0 Å². The molecular weight excluding hydrogens is 813 g/mol. The van der Waals surface area contributed by atoms with E-state index < -0.39 is 25.8 Å². The van der Waals surface area contributed by atoms with Crippen LogP contribution in [-0.4, -0.2) is 99.1 Å². The molecule has 4 aromatic rings. The molecule has 3 amide bonds. The van der Waals surface area contributed by atoms with E-state index in [9.17, 15) is 19.8 Å². The molecule has 0 bridgehead atoms. The second kappa shape index (κ2) is 18.6. The second-order valence-corrected chi connectivity index (χ2v) is 22.7. The molecule has 63 heavy (non-hydrogen) atoms. The van der Waals surface area contributed by atoms with Crippen molar-refractivity contribution in [2.75, 3.05) is 49.8 Å². The molecule has 8 rings (SSSR count). The van der Waals surface area contributed by atoms with Gasteiger partial charge in [0.2, 0.25) is 11.8 Å². The van der Waals surface area contributed by atoms with Crippen molar-refractivity contribution in [3.63, 3.8) is 0 Å². The molecule has 4 aliphatic heterocycles. The molecule has 2 saturated heterocycles. The summed E-state index contributed by atoms with van der Waals surface area (Å²) in [5.41, 5.74) is 3.00. The monoisotopic (exact) mass is 874 g/mol. The highest BCUT2D eigenvalue weighted by atomic mass is 28.3. The normalized spacial score (nSPS) is 24.3. The van der Waals surface area contributed by atoms with Crippen molar-refractivity contribution in [3.8, 4) is 11.5 Å². The summed E-state index contributed by atoms with van der Waals surface area (Å²) in [7, 11) is -0.948. The number of benzene rings is 4.